The Kier molecular flexibility index (Phi) is 7.75. The lowest BCUT2D eigenvalue weighted by molar-refractivity contribution is 0.0746. The first-order valence-corrected chi connectivity index (χ1v) is 7.72. The highest BCUT2D eigenvalue weighted by atomic mass is 16.2. The van der Waals surface area contributed by atoms with Gasteiger partial charge in [0.2, 0.25) is 0 Å². The molecule has 0 aromatic carbocycles. The molecular weight excluding hydrogens is 264 g/mol. The van der Waals surface area contributed by atoms with Crippen LogP contribution in [-0.4, -0.2) is 61.0 Å². The molecule has 1 amide bonds. The van der Waals surface area contributed by atoms with Crippen molar-refractivity contribution < 1.29 is 4.79 Å². The molecule has 0 unspecified atom stereocenters. The summed E-state index contributed by atoms with van der Waals surface area (Å²) in [6, 6.07) is 1.80. The minimum atomic E-state index is 0.0831. The smallest absolute Gasteiger partial charge is 0.256 e. The number of nitrogens with one attached hydrogen (secondary N) is 1. The van der Waals surface area contributed by atoms with E-state index in [1.165, 1.54) is 0 Å². The summed E-state index contributed by atoms with van der Waals surface area (Å²) < 4.78 is 0. The van der Waals surface area contributed by atoms with Crippen molar-refractivity contribution in [1.29, 1.82) is 0 Å². The monoisotopic (exact) mass is 292 g/mol. The maximum absolute atomic E-state index is 12.8. The van der Waals surface area contributed by atoms with Gasteiger partial charge >= 0.3 is 0 Å². The van der Waals surface area contributed by atoms with E-state index in [-0.39, 0.29) is 5.91 Å². The number of pyridine rings is 1. The molecule has 1 N–H and O–H groups in total. The molecule has 0 aliphatic rings. The van der Waals surface area contributed by atoms with E-state index in [9.17, 15) is 4.79 Å². The fourth-order valence-electron chi connectivity index (χ4n) is 2.06. The molecule has 118 valence electrons. The third-order valence-corrected chi connectivity index (χ3v) is 3.21. The van der Waals surface area contributed by atoms with Gasteiger partial charge < -0.3 is 15.1 Å². The van der Waals surface area contributed by atoms with E-state index in [2.05, 4.69) is 29.0 Å². The van der Waals surface area contributed by atoms with Crippen molar-refractivity contribution in [2.24, 2.45) is 0 Å². The second-order valence-electron chi connectivity index (χ2n) is 5.44. The van der Waals surface area contributed by atoms with Crippen LogP contribution in [0.1, 0.15) is 37.0 Å². The van der Waals surface area contributed by atoms with Crippen LogP contribution in [0.3, 0.4) is 0 Å². The van der Waals surface area contributed by atoms with Crippen LogP contribution < -0.4 is 5.32 Å². The zero-order valence-electron chi connectivity index (χ0n) is 13.7. The van der Waals surface area contributed by atoms with Crippen LogP contribution in [0.2, 0.25) is 0 Å². The fraction of sp³-hybridized carbons (Fsp3) is 0.625. The van der Waals surface area contributed by atoms with Crippen molar-refractivity contribution in [3.8, 4) is 0 Å². The number of aromatic nitrogens is 1. The summed E-state index contributed by atoms with van der Waals surface area (Å²) in [5.41, 5.74) is 1.54. The number of carbonyl (C=O) groups excluding carboxylic acids is 1. The number of hydrogen-bond acceptors (Lipinski definition) is 4. The first-order valence-electron chi connectivity index (χ1n) is 7.72. The predicted molar refractivity (Wildman–Crippen MR) is 87.8 cm³/mol. The van der Waals surface area contributed by atoms with Crippen LogP contribution in [0.5, 0.6) is 0 Å². The van der Waals surface area contributed by atoms with E-state index in [1.54, 1.807) is 18.5 Å². The average Bonchev–Trinajstić information content (AvgIpc) is 2.48. The number of nitrogens with zero attached hydrogens (tertiary/aromatic N) is 3. The molecule has 0 aliphatic heterocycles. The number of carbonyl (C=O) groups is 1. The lowest BCUT2D eigenvalue weighted by atomic mass is 10.2. The molecular formula is C16H28N4O. The molecule has 5 heteroatoms. The highest BCUT2D eigenvalue weighted by Crippen LogP contribution is 2.16. The van der Waals surface area contributed by atoms with Gasteiger partial charge in [-0.2, -0.15) is 0 Å². The van der Waals surface area contributed by atoms with E-state index in [0.717, 1.165) is 44.7 Å². The van der Waals surface area contributed by atoms with Crippen LogP contribution in [0.25, 0.3) is 0 Å². The highest BCUT2D eigenvalue weighted by molar-refractivity contribution is 5.99. The number of hydrogen-bond donors (Lipinski definition) is 1. The summed E-state index contributed by atoms with van der Waals surface area (Å²) in [7, 11) is 4.05. The summed E-state index contributed by atoms with van der Waals surface area (Å²) in [6.45, 7) is 7.44. The van der Waals surface area contributed by atoms with E-state index < -0.39 is 0 Å². The van der Waals surface area contributed by atoms with Crippen molar-refractivity contribution in [3.05, 3.63) is 24.0 Å². The van der Waals surface area contributed by atoms with Crippen molar-refractivity contribution in [2.75, 3.05) is 45.6 Å². The van der Waals surface area contributed by atoms with Gasteiger partial charge in [-0.1, -0.05) is 13.8 Å². The molecule has 0 atom stereocenters. The molecule has 0 aliphatic carbocycles. The van der Waals surface area contributed by atoms with Crippen molar-refractivity contribution in [3.63, 3.8) is 0 Å². The van der Waals surface area contributed by atoms with E-state index in [0.29, 0.717) is 5.56 Å². The summed E-state index contributed by atoms with van der Waals surface area (Å²) >= 11 is 0. The molecule has 0 fully saturated rings. The second-order valence-corrected chi connectivity index (χ2v) is 5.44. The van der Waals surface area contributed by atoms with Crippen LogP contribution >= 0.6 is 0 Å². The summed E-state index contributed by atoms with van der Waals surface area (Å²) in [5.74, 6) is 0.0831. The molecule has 1 rings (SSSR count). The van der Waals surface area contributed by atoms with Gasteiger partial charge in [0.1, 0.15) is 0 Å². The molecule has 1 heterocycles. The quantitative estimate of drug-likeness (QED) is 0.759. The highest BCUT2D eigenvalue weighted by Gasteiger charge is 2.18. The summed E-state index contributed by atoms with van der Waals surface area (Å²) in [5, 5.41) is 3.29. The average molecular weight is 292 g/mol. The Labute approximate surface area is 128 Å². The van der Waals surface area contributed by atoms with E-state index >= 15 is 0 Å². The minimum Gasteiger partial charge on any atom is -0.383 e. The maximum atomic E-state index is 12.8. The number of amides is 1. The van der Waals surface area contributed by atoms with Gasteiger partial charge in [0.25, 0.3) is 5.91 Å². The van der Waals surface area contributed by atoms with Gasteiger partial charge in [0, 0.05) is 32.4 Å². The molecule has 5 nitrogen and oxygen atoms in total. The van der Waals surface area contributed by atoms with E-state index in [4.69, 9.17) is 0 Å². The Hall–Kier alpha value is -1.62. The topological polar surface area (TPSA) is 48.5 Å². The van der Waals surface area contributed by atoms with Crippen molar-refractivity contribution in [1.82, 2.24) is 14.8 Å². The minimum absolute atomic E-state index is 0.0831. The van der Waals surface area contributed by atoms with Gasteiger partial charge in [-0.05, 0) is 33.0 Å². The largest absolute Gasteiger partial charge is 0.383 e. The van der Waals surface area contributed by atoms with Gasteiger partial charge in [0.05, 0.1) is 17.4 Å². The van der Waals surface area contributed by atoms with Crippen molar-refractivity contribution in [2.45, 2.75) is 26.7 Å². The second kappa shape index (κ2) is 9.34. The molecule has 0 radical (unpaired) electrons. The Morgan fingerprint density at radius 2 is 1.95 bits per heavy atom. The van der Waals surface area contributed by atoms with Crippen molar-refractivity contribution >= 4 is 11.6 Å². The first kappa shape index (κ1) is 17.4. The summed E-state index contributed by atoms with van der Waals surface area (Å²) in [6.07, 6.45) is 5.39. The van der Waals surface area contributed by atoms with Crippen LogP contribution in [0.4, 0.5) is 5.69 Å². The zero-order chi connectivity index (χ0) is 15.7. The normalized spacial score (nSPS) is 10.7. The predicted octanol–water partition coefficient (Wildman–Crippen LogP) is 2.32. The Balaban J connectivity index is 2.86. The number of anilines is 1. The van der Waals surface area contributed by atoms with E-state index in [1.807, 2.05) is 19.0 Å². The van der Waals surface area contributed by atoms with Crippen LogP contribution in [0, 0.1) is 0 Å². The number of likely N-dealkylation sites (N-methyl/N-ethyl adjacent to an activating group) is 1. The van der Waals surface area contributed by atoms with Gasteiger partial charge in [-0.3, -0.25) is 9.78 Å². The maximum Gasteiger partial charge on any atom is 0.256 e. The fourth-order valence-corrected chi connectivity index (χ4v) is 2.06. The molecule has 0 bridgehead atoms. The molecule has 0 spiro atoms. The SMILES string of the molecule is CCCNc1cnccc1C(=O)N(CCC)CCN(C)C. The lowest BCUT2D eigenvalue weighted by Crippen LogP contribution is -2.37. The van der Waals surface area contributed by atoms with Gasteiger partial charge in [-0.25, -0.2) is 0 Å². The Morgan fingerprint density at radius 1 is 1.19 bits per heavy atom. The van der Waals surface area contributed by atoms with Crippen LogP contribution in [-0.2, 0) is 0 Å². The third-order valence-electron chi connectivity index (χ3n) is 3.21. The summed E-state index contributed by atoms with van der Waals surface area (Å²) in [4.78, 5) is 20.9. The first-order chi connectivity index (χ1) is 10.1. The number of rotatable bonds is 9. The molecule has 0 saturated carbocycles. The molecule has 21 heavy (non-hydrogen) atoms. The lowest BCUT2D eigenvalue weighted by Gasteiger charge is -2.25. The molecule has 1 aromatic heterocycles. The Bertz CT molecular complexity index is 434. The zero-order valence-corrected chi connectivity index (χ0v) is 13.7. The third kappa shape index (κ3) is 5.71. The van der Waals surface area contributed by atoms with Crippen LogP contribution in [0.15, 0.2) is 18.5 Å². The standard InChI is InChI=1S/C16H28N4O/c1-5-8-18-15-13-17-9-7-14(15)16(21)20(10-6-2)12-11-19(3)4/h7,9,13,18H,5-6,8,10-12H2,1-4H3. The molecule has 1 aromatic rings. The van der Waals surface area contributed by atoms with Gasteiger partial charge in [0.15, 0.2) is 0 Å². The molecule has 0 saturated heterocycles. The van der Waals surface area contributed by atoms with Gasteiger partial charge in [-0.15, -0.1) is 0 Å². The Morgan fingerprint density at radius 3 is 2.57 bits per heavy atom.